The van der Waals surface area contributed by atoms with Gasteiger partial charge in [0.25, 0.3) is 0 Å². The lowest BCUT2D eigenvalue weighted by atomic mass is 10.1. The first-order valence-electron chi connectivity index (χ1n) is 10.4. The van der Waals surface area contributed by atoms with Crippen LogP contribution in [0.5, 0.6) is 0 Å². The maximum Gasteiger partial charge on any atom is 0.188 e. The van der Waals surface area contributed by atoms with Gasteiger partial charge in [0.15, 0.2) is 11.9 Å². The van der Waals surface area contributed by atoms with Crippen molar-refractivity contribution in [2.75, 3.05) is 19.6 Å². The fraction of sp³-hybridized carbons (Fsp3) is 0.571. The van der Waals surface area contributed by atoms with Gasteiger partial charge in [0.1, 0.15) is 5.84 Å². The summed E-state index contributed by atoms with van der Waals surface area (Å²) in [5.74, 6) is 0.876. The molecule has 0 heterocycles. The van der Waals surface area contributed by atoms with E-state index in [1.807, 2.05) is 31.2 Å². The minimum absolute atomic E-state index is 0.125. The molecule has 8 nitrogen and oxygen atoms in total. The molecule has 0 fully saturated rings. The highest BCUT2D eigenvalue weighted by molar-refractivity contribution is 5.94. The number of aliphatic imine (C=N–C) groups is 2. The molecule has 0 unspecified atom stereocenters. The number of amidine groups is 1. The second-order valence-electron chi connectivity index (χ2n) is 6.90. The molecule has 0 aliphatic carbocycles. The summed E-state index contributed by atoms with van der Waals surface area (Å²) in [5, 5.41) is 10.2. The molecule has 0 aliphatic heterocycles. The minimum Gasteiger partial charge on any atom is -0.384 e. The third-order valence-corrected chi connectivity index (χ3v) is 4.09. The maximum absolute atomic E-state index is 7.08. The van der Waals surface area contributed by atoms with E-state index in [4.69, 9.17) is 28.3 Å². The second-order valence-corrected chi connectivity index (χ2v) is 6.90. The van der Waals surface area contributed by atoms with Crippen LogP contribution in [0, 0.1) is 12.3 Å². The first-order chi connectivity index (χ1) is 13.9. The Kier molecular flexibility index (Phi) is 15.7. The zero-order chi connectivity index (χ0) is 21.9. The van der Waals surface area contributed by atoms with Crippen LogP contribution in [0.1, 0.15) is 63.0 Å². The Hall–Kier alpha value is -2.77. The van der Waals surface area contributed by atoms with Crippen molar-refractivity contribution < 1.29 is 0 Å². The molecule has 0 atom stereocenters. The number of nitrogens with one attached hydrogen (secondary N) is 2. The monoisotopic (exact) mass is 404 g/mol. The van der Waals surface area contributed by atoms with E-state index in [0.29, 0.717) is 5.96 Å². The molecule has 10 N–H and O–H groups in total. The van der Waals surface area contributed by atoms with Crippen molar-refractivity contribution in [2.45, 2.75) is 58.8 Å². The summed E-state index contributed by atoms with van der Waals surface area (Å²) in [6.07, 6.45) is 7.95. The van der Waals surface area contributed by atoms with Gasteiger partial charge in [-0.05, 0) is 26.2 Å². The van der Waals surface area contributed by atoms with E-state index >= 15 is 0 Å². The van der Waals surface area contributed by atoms with Gasteiger partial charge in [0, 0.05) is 25.2 Å². The molecule has 0 saturated carbocycles. The van der Waals surface area contributed by atoms with Crippen molar-refractivity contribution in [3.8, 4) is 0 Å². The highest BCUT2D eigenvalue weighted by Gasteiger charge is 1.93. The summed E-state index contributed by atoms with van der Waals surface area (Å²) in [5.41, 5.74) is 23.4. The van der Waals surface area contributed by atoms with Crippen molar-refractivity contribution in [1.82, 2.24) is 5.32 Å². The Morgan fingerprint density at radius 3 is 1.93 bits per heavy atom. The van der Waals surface area contributed by atoms with Crippen LogP contribution in [-0.4, -0.2) is 37.4 Å². The third-order valence-electron chi connectivity index (χ3n) is 4.09. The molecule has 0 saturated heterocycles. The molecule has 1 rings (SSSR count). The summed E-state index contributed by atoms with van der Waals surface area (Å²) in [6, 6.07) is 7.57. The van der Waals surface area contributed by atoms with Crippen LogP contribution in [0.2, 0.25) is 0 Å². The number of aryl methyl sites for hydroxylation is 1. The summed E-state index contributed by atoms with van der Waals surface area (Å²) in [7, 11) is 0. The number of nitrogens with two attached hydrogens (primary N) is 4. The summed E-state index contributed by atoms with van der Waals surface area (Å²) < 4.78 is 0. The van der Waals surface area contributed by atoms with Crippen LogP contribution < -0.4 is 28.3 Å². The lowest BCUT2D eigenvalue weighted by Crippen LogP contribution is -2.32. The molecule has 164 valence electrons. The number of rotatable bonds is 12. The predicted octanol–water partition coefficient (Wildman–Crippen LogP) is 2.19. The van der Waals surface area contributed by atoms with E-state index in [9.17, 15) is 0 Å². The van der Waals surface area contributed by atoms with Crippen LogP contribution in [0.3, 0.4) is 0 Å². The van der Waals surface area contributed by atoms with Gasteiger partial charge in [0.05, 0.1) is 0 Å². The van der Waals surface area contributed by atoms with Gasteiger partial charge >= 0.3 is 0 Å². The number of hydrogen-bond acceptors (Lipinski definition) is 3. The van der Waals surface area contributed by atoms with Gasteiger partial charge in [-0.2, -0.15) is 0 Å². The number of hydrogen-bond donors (Lipinski definition) is 6. The number of unbranched alkanes of at least 4 members (excludes halogenated alkanes) is 5. The van der Waals surface area contributed by atoms with Gasteiger partial charge in [-0.1, -0.05) is 62.4 Å². The Bertz CT molecular complexity index is 604. The Morgan fingerprint density at radius 1 is 0.862 bits per heavy atom. The summed E-state index contributed by atoms with van der Waals surface area (Å²) >= 11 is 0. The standard InChI is InChI=1S/C13H30N6.C8H10N2/c1-2-3-9-18-13(16)19-11-8-6-4-5-7-10-17-12(14)15;1-6-2-4-7(5-3-6)8(9)10/h2-11H2,1H3,(H4,14,15,17)(H3,16,18,19);2-5H,1H3,(H3,9,10). The van der Waals surface area contributed by atoms with Gasteiger partial charge in [-0.25, -0.2) is 0 Å². The lowest BCUT2D eigenvalue weighted by Gasteiger charge is -2.04. The number of nitrogen functional groups attached to an aromatic ring is 1. The van der Waals surface area contributed by atoms with Crippen molar-refractivity contribution in [3.05, 3.63) is 35.4 Å². The van der Waals surface area contributed by atoms with Crippen molar-refractivity contribution >= 4 is 17.8 Å². The number of guanidine groups is 2. The van der Waals surface area contributed by atoms with Gasteiger partial charge in [0.2, 0.25) is 0 Å². The lowest BCUT2D eigenvalue weighted by molar-refractivity contribution is 0.622. The number of benzene rings is 1. The van der Waals surface area contributed by atoms with Gasteiger partial charge < -0.3 is 28.3 Å². The van der Waals surface area contributed by atoms with Gasteiger partial charge in [-0.15, -0.1) is 0 Å². The zero-order valence-corrected chi connectivity index (χ0v) is 18.1. The normalized spacial score (nSPS) is 10.6. The smallest absolute Gasteiger partial charge is 0.188 e. The third kappa shape index (κ3) is 17.1. The number of nitrogens with zero attached hydrogens (tertiary/aromatic N) is 2. The molecule has 0 spiro atoms. The second kappa shape index (κ2) is 17.3. The van der Waals surface area contributed by atoms with E-state index in [1.165, 1.54) is 24.8 Å². The average molecular weight is 405 g/mol. The van der Waals surface area contributed by atoms with E-state index in [2.05, 4.69) is 22.2 Å². The highest BCUT2D eigenvalue weighted by atomic mass is 15.1. The zero-order valence-electron chi connectivity index (χ0n) is 18.1. The summed E-state index contributed by atoms with van der Waals surface area (Å²) in [4.78, 5) is 8.22. The average Bonchev–Trinajstić information content (AvgIpc) is 2.67. The molecule has 0 aromatic heterocycles. The van der Waals surface area contributed by atoms with Crippen molar-refractivity contribution in [2.24, 2.45) is 32.9 Å². The molecule has 29 heavy (non-hydrogen) atoms. The van der Waals surface area contributed by atoms with E-state index in [-0.39, 0.29) is 11.8 Å². The molecule has 0 bridgehead atoms. The molecule has 1 aromatic carbocycles. The minimum atomic E-state index is 0.125. The fourth-order valence-electron chi connectivity index (χ4n) is 2.34. The Labute approximate surface area is 175 Å². The van der Waals surface area contributed by atoms with E-state index < -0.39 is 0 Å². The highest BCUT2D eigenvalue weighted by Crippen LogP contribution is 2.03. The quantitative estimate of drug-likeness (QED) is 0.178. The first kappa shape index (κ1) is 26.2. The first-order valence-corrected chi connectivity index (χ1v) is 10.4. The Balaban J connectivity index is 0.000000651. The van der Waals surface area contributed by atoms with Crippen LogP contribution >= 0.6 is 0 Å². The van der Waals surface area contributed by atoms with Crippen molar-refractivity contribution in [1.29, 1.82) is 5.41 Å². The molecular formula is C21H40N8. The molecule has 0 amide bonds. The SMILES string of the molecule is CCCCNC(N)=NCCCCCCCN=C(N)N.Cc1ccc(C(=N)N)cc1. The van der Waals surface area contributed by atoms with Crippen LogP contribution in [-0.2, 0) is 0 Å². The van der Waals surface area contributed by atoms with E-state index in [0.717, 1.165) is 50.9 Å². The molecule has 0 radical (unpaired) electrons. The van der Waals surface area contributed by atoms with Crippen LogP contribution in [0.15, 0.2) is 34.3 Å². The van der Waals surface area contributed by atoms with Gasteiger partial charge in [-0.3, -0.25) is 15.4 Å². The van der Waals surface area contributed by atoms with Crippen LogP contribution in [0.4, 0.5) is 0 Å². The Morgan fingerprint density at radius 2 is 1.41 bits per heavy atom. The molecule has 0 aliphatic rings. The van der Waals surface area contributed by atoms with E-state index in [1.54, 1.807) is 0 Å². The predicted molar refractivity (Wildman–Crippen MR) is 125 cm³/mol. The van der Waals surface area contributed by atoms with Crippen LogP contribution in [0.25, 0.3) is 0 Å². The molecular weight excluding hydrogens is 364 g/mol. The molecule has 1 aromatic rings. The maximum atomic E-state index is 7.08. The largest absolute Gasteiger partial charge is 0.384 e. The fourth-order valence-corrected chi connectivity index (χ4v) is 2.34. The molecule has 8 heteroatoms. The summed E-state index contributed by atoms with van der Waals surface area (Å²) in [6.45, 7) is 6.61. The van der Waals surface area contributed by atoms with Crippen molar-refractivity contribution in [3.63, 3.8) is 0 Å². The topological polar surface area (TPSA) is 165 Å².